The van der Waals surface area contributed by atoms with Crippen molar-refractivity contribution >= 4 is 35.0 Å². The average Bonchev–Trinajstić information content (AvgIpc) is 4.10. The monoisotopic (exact) mass is 933 g/mol. The zero-order chi connectivity index (χ0) is 47.4. The SMILES string of the molecule is COC[C@H](C)NC1CCC(NC2=NCCC(c3cnnc(NCC4(C#N)CC4C4C[C@H](N[C@@H](C)COC)CCC4CNC4=NCCC(c5cnnc(NCC6(C#N)CCOCC6)c5)=N4)c3)=N2)CC1. The quantitative estimate of drug-likeness (QED) is 0.109. The van der Waals surface area contributed by atoms with Crippen molar-refractivity contribution in [2.75, 3.05) is 84.0 Å². The Morgan fingerprint density at radius 1 is 0.735 bits per heavy atom. The van der Waals surface area contributed by atoms with Crippen LogP contribution in [0.1, 0.15) is 102 Å². The molecule has 0 bridgehead atoms. The fraction of sp³-hybridized carbons (Fsp3) is 0.714. The number of nitrogens with one attached hydrogen (secondary N) is 6. The Morgan fingerprint density at radius 3 is 1.96 bits per heavy atom. The van der Waals surface area contributed by atoms with Crippen molar-refractivity contribution in [2.45, 2.75) is 121 Å². The number of nitriles is 2. The highest BCUT2D eigenvalue weighted by molar-refractivity contribution is 6.09. The van der Waals surface area contributed by atoms with E-state index in [0.717, 1.165) is 86.9 Å². The van der Waals surface area contributed by atoms with Gasteiger partial charge in [-0.1, -0.05) is 0 Å². The molecule has 19 heteroatoms. The molecule has 2 aromatic rings. The van der Waals surface area contributed by atoms with Crippen molar-refractivity contribution in [1.29, 1.82) is 10.5 Å². The van der Waals surface area contributed by atoms with Crippen LogP contribution in [0.5, 0.6) is 0 Å². The first-order valence-electron chi connectivity index (χ1n) is 25.0. The first-order chi connectivity index (χ1) is 33.2. The van der Waals surface area contributed by atoms with E-state index in [0.29, 0.717) is 131 Å². The molecule has 0 spiro atoms. The molecule has 19 nitrogen and oxygen atoms in total. The van der Waals surface area contributed by atoms with Gasteiger partial charge in [0.15, 0.2) is 0 Å². The van der Waals surface area contributed by atoms with Gasteiger partial charge in [0.2, 0.25) is 11.9 Å². The smallest absolute Gasteiger partial charge is 0.218 e. The van der Waals surface area contributed by atoms with E-state index in [1.165, 1.54) is 0 Å². The number of anilines is 2. The molecular formula is C49H72N16O3. The third-order valence-electron chi connectivity index (χ3n) is 14.9. The van der Waals surface area contributed by atoms with Gasteiger partial charge in [-0.15, -0.1) is 10.2 Å². The molecule has 3 saturated carbocycles. The molecular weight excluding hydrogens is 861 g/mol. The second-order valence-electron chi connectivity index (χ2n) is 20.0. The molecule has 3 aliphatic carbocycles. The Morgan fingerprint density at radius 2 is 1.32 bits per heavy atom. The van der Waals surface area contributed by atoms with E-state index in [-0.39, 0.29) is 12.0 Å². The molecule has 7 atom stereocenters. The topological polar surface area (TPSA) is 248 Å². The lowest BCUT2D eigenvalue weighted by Crippen LogP contribution is -2.46. The molecule has 4 unspecified atom stereocenters. The van der Waals surface area contributed by atoms with E-state index in [1.807, 2.05) is 12.1 Å². The first kappa shape index (κ1) is 49.2. The number of guanidine groups is 2. The van der Waals surface area contributed by atoms with E-state index in [4.69, 9.17) is 34.2 Å². The Hall–Kier alpha value is -5.18. The Balaban J connectivity index is 0.877. The molecule has 1 saturated heterocycles. The predicted molar refractivity (Wildman–Crippen MR) is 263 cm³/mol. The maximum Gasteiger partial charge on any atom is 0.218 e. The van der Waals surface area contributed by atoms with Gasteiger partial charge in [-0.2, -0.15) is 20.7 Å². The van der Waals surface area contributed by atoms with Crippen molar-refractivity contribution in [1.82, 2.24) is 41.7 Å². The molecule has 5 heterocycles. The van der Waals surface area contributed by atoms with Gasteiger partial charge in [-0.3, -0.25) is 9.98 Å². The number of aromatic nitrogens is 4. The molecule has 0 radical (unpaired) electrons. The van der Waals surface area contributed by atoms with Gasteiger partial charge >= 0.3 is 0 Å². The normalized spacial score (nSPS) is 28.8. The Bertz CT molecular complexity index is 2210. The largest absolute Gasteiger partial charge is 0.383 e. The van der Waals surface area contributed by atoms with E-state index in [1.54, 1.807) is 26.6 Å². The fourth-order valence-corrected chi connectivity index (χ4v) is 11.0. The number of hydrogen-bond acceptors (Lipinski definition) is 19. The summed E-state index contributed by atoms with van der Waals surface area (Å²) in [6, 6.07) is 11.0. The lowest BCUT2D eigenvalue weighted by atomic mass is 9.72. The van der Waals surface area contributed by atoms with Gasteiger partial charge in [0.05, 0.1) is 60.0 Å². The van der Waals surface area contributed by atoms with E-state index < -0.39 is 10.8 Å². The van der Waals surface area contributed by atoms with Crippen molar-refractivity contribution in [3.8, 4) is 12.1 Å². The van der Waals surface area contributed by atoms with E-state index in [9.17, 15) is 10.5 Å². The van der Waals surface area contributed by atoms with Crippen LogP contribution in [0.25, 0.3) is 0 Å². The highest BCUT2D eigenvalue weighted by Crippen LogP contribution is 2.60. The molecule has 4 fully saturated rings. The minimum Gasteiger partial charge on any atom is -0.383 e. The fourth-order valence-electron chi connectivity index (χ4n) is 11.0. The minimum atomic E-state index is -0.519. The number of aliphatic imine (C=N–C) groups is 4. The van der Waals surface area contributed by atoms with Crippen LogP contribution in [0.15, 0.2) is 44.5 Å². The van der Waals surface area contributed by atoms with Gasteiger partial charge in [0.1, 0.15) is 11.6 Å². The molecule has 366 valence electrons. The molecule has 8 rings (SSSR count). The van der Waals surface area contributed by atoms with Gasteiger partial charge in [-0.25, -0.2) is 9.98 Å². The summed E-state index contributed by atoms with van der Waals surface area (Å²) >= 11 is 0. The summed E-state index contributed by atoms with van der Waals surface area (Å²) in [5.74, 6) is 3.45. The molecule has 68 heavy (non-hydrogen) atoms. The molecule has 3 aliphatic heterocycles. The molecule has 0 amide bonds. The second-order valence-corrected chi connectivity index (χ2v) is 20.0. The second kappa shape index (κ2) is 23.4. The summed E-state index contributed by atoms with van der Waals surface area (Å²) in [6.45, 7) is 9.86. The summed E-state index contributed by atoms with van der Waals surface area (Å²) in [5, 5.41) is 59.8. The van der Waals surface area contributed by atoms with Crippen molar-refractivity contribution in [3.63, 3.8) is 0 Å². The number of rotatable bonds is 20. The van der Waals surface area contributed by atoms with Crippen LogP contribution in [-0.4, -0.2) is 147 Å². The summed E-state index contributed by atoms with van der Waals surface area (Å²) in [4.78, 5) is 19.4. The highest BCUT2D eigenvalue weighted by atomic mass is 16.5. The number of methoxy groups -OCH3 is 2. The van der Waals surface area contributed by atoms with E-state index >= 15 is 0 Å². The number of ether oxygens (including phenoxy) is 3. The van der Waals surface area contributed by atoms with Crippen LogP contribution in [-0.2, 0) is 14.2 Å². The van der Waals surface area contributed by atoms with Gasteiger partial charge in [-0.05, 0) is 108 Å². The van der Waals surface area contributed by atoms with Crippen LogP contribution in [0.3, 0.4) is 0 Å². The van der Waals surface area contributed by atoms with Crippen molar-refractivity contribution in [2.24, 2.45) is 48.6 Å². The maximum atomic E-state index is 10.8. The first-order valence-corrected chi connectivity index (χ1v) is 25.0. The van der Waals surface area contributed by atoms with Crippen LogP contribution >= 0.6 is 0 Å². The standard InChI is InChI=1S/C49H72N16O3/c1-32(26-66-3)59-37-7-9-38(10-8-37)61-47-53-16-12-43(63-47)36-20-45(65-58-25-36)56-31-49(29-51)22-41(49)40-21-39(60-33(2)27-67-4)6-5-34(40)23-54-46-52-15-11-42(62-46)35-19-44(64-57-24-35)55-30-48(28-50)13-17-68-18-14-48/h19-20,24-25,32-34,37-41,59-60H,5-18,21-23,26-27,30-31H2,1-4H3,(H,52,54)(H,53,61)(H,55,64)(H,56,65)/t32-,33-,34?,37?,38?,39+,40?,41?,49?/m0/s1. The van der Waals surface area contributed by atoms with E-state index in [2.05, 4.69) is 78.3 Å². The molecule has 6 N–H and O–H groups in total. The average molecular weight is 933 g/mol. The minimum absolute atomic E-state index is 0.222. The van der Waals surface area contributed by atoms with Gasteiger partial charge in [0.25, 0.3) is 0 Å². The van der Waals surface area contributed by atoms with Gasteiger partial charge < -0.3 is 46.1 Å². The third kappa shape index (κ3) is 12.9. The maximum absolute atomic E-state index is 10.8. The summed E-state index contributed by atoms with van der Waals surface area (Å²) in [5.41, 5.74) is 2.65. The zero-order valence-corrected chi connectivity index (χ0v) is 40.5. The van der Waals surface area contributed by atoms with Gasteiger partial charge in [0, 0.05) is 114 Å². The summed E-state index contributed by atoms with van der Waals surface area (Å²) < 4.78 is 16.3. The summed E-state index contributed by atoms with van der Waals surface area (Å²) in [6.07, 6.45) is 14.5. The number of hydrogen-bond donors (Lipinski definition) is 6. The van der Waals surface area contributed by atoms with Crippen LogP contribution in [0.4, 0.5) is 11.6 Å². The summed E-state index contributed by atoms with van der Waals surface area (Å²) in [7, 11) is 3.49. The van der Waals surface area contributed by atoms with Crippen molar-refractivity contribution in [3.05, 3.63) is 35.7 Å². The third-order valence-corrected chi connectivity index (χ3v) is 14.9. The lowest BCUT2D eigenvalue weighted by Gasteiger charge is -2.39. The zero-order valence-electron chi connectivity index (χ0n) is 40.5. The highest BCUT2D eigenvalue weighted by Gasteiger charge is 2.60. The van der Waals surface area contributed by atoms with Crippen LogP contribution in [0, 0.1) is 51.2 Å². The Labute approximate surface area is 401 Å². The lowest BCUT2D eigenvalue weighted by molar-refractivity contribution is 0.0455. The van der Waals surface area contributed by atoms with Crippen LogP contribution in [0.2, 0.25) is 0 Å². The number of nitrogens with zero attached hydrogens (tertiary/aromatic N) is 10. The Kier molecular flexibility index (Phi) is 17.0. The predicted octanol–water partition coefficient (Wildman–Crippen LogP) is 4.26. The molecule has 0 aromatic carbocycles. The van der Waals surface area contributed by atoms with Crippen LogP contribution < -0.4 is 31.9 Å². The molecule has 2 aromatic heterocycles. The molecule has 6 aliphatic rings. The van der Waals surface area contributed by atoms with Crippen molar-refractivity contribution < 1.29 is 14.2 Å².